The molecule has 2 N–H and O–H groups in total. The normalized spacial score (nSPS) is 10.5. The summed E-state index contributed by atoms with van der Waals surface area (Å²) in [5, 5.41) is 6.76. The van der Waals surface area contributed by atoms with Gasteiger partial charge in [-0.3, -0.25) is 4.79 Å². The van der Waals surface area contributed by atoms with Crippen molar-refractivity contribution in [2.45, 2.75) is 26.8 Å². The highest BCUT2D eigenvalue weighted by molar-refractivity contribution is 6.31. The summed E-state index contributed by atoms with van der Waals surface area (Å²) in [6.45, 7) is 4.51. The van der Waals surface area contributed by atoms with Crippen molar-refractivity contribution in [3.63, 3.8) is 0 Å². The van der Waals surface area contributed by atoms with Crippen molar-refractivity contribution in [1.29, 1.82) is 0 Å². The fourth-order valence-electron chi connectivity index (χ4n) is 2.77. The van der Waals surface area contributed by atoms with Crippen LogP contribution < -0.4 is 10.6 Å². The Morgan fingerprint density at radius 3 is 2.63 bits per heavy atom. The van der Waals surface area contributed by atoms with Crippen molar-refractivity contribution in [2.75, 3.05) is 10.6 Å². The first-order valence-corrected chi connectivity index (χ1v) is 9.16. The summed E-state index contributed by atoms with van der Waals surface area (Å²) in [6, 6.07) is 15.1. The van der Waals surface area contributed by atoms with Crippen molar-refractivity contribution in [3.8, 4) is 0 Å². The Kier molecular flexibility index (Phi) is 6.04. The molecule has 0 fully saturated rings. The van der Waals surface area contributed by atoms with E-state index in [0.29, 0.717) is 23.2 Å². The lowest BCUT2D eigenvalue weighted by atomic mass is 10.1. The summed E-state index contributed by atoms with van der Waals surface area (Å²) in [4.78, 5) is 21.2. The van der Waals surface area contributed by atoms with E-state index in [-0.39, 0.29) is 5.91 Å². The fourth-order valence-corrected chi connectivity index (χ4v) is 2.97. The minimum absolute atomic E-state index is 0.262. The number of para-hydroxylation sites is 1. The molecule has 3 rings (SSSR count). The van der Waals surface area contributed by atoms with E-state index in [9.17, 15) is 4.79 Å². The summed E-state index contributed by atoms with van der Waals surface area (Å²) in [5.74, 6) is 0.116. The summed E-state index contributed by atoms with van der Waals surface area (Å²) in [5.41, 5.74) is 4.19. The average molecular weight is 381 g/mol. The second-order valence-electron chi connectivity index (χ2n) is 6.13. The zero-order valence-electron chi connectivity index (χ0n) is 15.3. The van der Waals surface area contributed by atoms with Crippen LogP contribution >= 0.6 is 11.6 Å². The van der Waals surface area contributed by atoms with Gasteiger partial charge in [-0.15, -0.1) is 0 Å². The number of carbonyl (C=O) groups excluding carboxylic acids is 1. The highest BCUT2D eigenvalue weighted by atomic mass is 35.5. The number of nitrogens with zero attached hydrogens (tertiary/aromatic N) is 2. The fraction of sp³-hybridized carbons (Fsp3) is 0.190. The maximum absolute atomic E-state index is 12.7. The SMILES string of the molecule is CCc1cccc(C)c1NC(=O)c1ccnc(NCc2ccccc2Cl)n1. The minimum atomic E-state index is -0.262. The number of anilines is 2. The van der Waals surface area contributed by atoms with Crippen molar-refractivity contribution < 1.29 is 4.79 Å². The van der Waals surface area contributed by atoms with E-state index in [2.05, 4.69) is 27.5 Å². The molecule has 0 saturated carbocycles. The van der Waals surface area contributed by atoms with Gasteiger partial charge in [0, 0.05) is 23.5 Å². The van der Waals surface area contributed by atoms with Crippen molar-refractivity contribution in [3.05, 3.63) is 82.1 Å². The summed E-state index contributed by atoms with van der Waals surface area (Å²) < 4.78 is 0. The number of rotatable bonds is 6. The molecule has 5 nitrogen and oxygen atoms in total. The third-order valence-electron chi connectivity index (χ3n) is 4.26. The summed E-state index contributed by atoms with van der Waals surface area (Å²) in [7, 11) is 0. The van der Waals surface area contributed by atoms with E-state index < -0.39 is 0 Å². The summed E-state index contributed by atoms with van der Waals surface area (Å²) >= 11 is 6.16. The lowest BCUT2D eigenvalue weighted by molar-refractivity contribution is 0.102. The number of aryl methyl sites for hydroxylation is 2. The summed E-state index contributed by atoms with van der Waals surface area (Å²) in [6.07, 6.45) is 2.40. The quantitative estimate of drug-likeness (QED) is 0.640. The molecule has 6 heteroatoms. The van der Waals surface area contributed by atoms with Crippen LogP contribution in [-0.2, 0) is 13.0 Å². The van der Waals surface area contributed by atoms with Gasteiger partial charge < -0.3 is 10.6 Å². The monoisotopic (exact) mass is 380 g/mol. The maximum Gasteiger partial charge on any atom is 0.274 e. The predicted molar refractivity (Wildman–Crippen MR) is 109 cm³/mol. The van der Waals surface area contributed by atoms with Gasteiger partial charge in [-0.05, 0) is 42.2 Å². The largest absolute Gasteiger partial charge is 0.350 e. The molecule has 3 aromatic rings. The Labute approximate surface area is 163 Å². The second kappa shape index (κ2) is 8.64. The molecule has 1 amide bonds. The molecule has 0 aliphatic carbocycles. The van der Waals surface area contributed by atoms with Crippen LogP contribution in [0.5, 0.6) is 0 Å². The smallest absolute Gasteiger partial charge is 0.274 e. The van der Waals surface area contributed by atoms with Crippen LogP contribution in [0.2, 0.25) is 5.02 Å². The van der Waals surface area contributed by atoms with Crippen LogP contribution in [0.25, 0.3) is 0 Å². The molecule has 0 bridgehead atoms. The molecule has 1 aromatic heterocycles. The van der Waals surface area contributed by atoms with Gasteiger partial charge in [0.25, 0.3) is 5.91 Å². The van der Waals surface area contributed by atoms with Gasteiger partial charge in [0.05, 0.1) is 0 Å². The van der Waals surface area contributed by atoms with Gasteiger partial charge in [0.1, 0.15) is 5.69 Å². The average Bonchev–Trinajstić information content (AvgIpc) is 2.69. The Morgan fingerprint density at radius 1 is 1.07 bits per heavy atom. The first-order chi connectivity index (χ1) is 13.1. The molecule has 0 spiro atoms. The van der Waals surface area contributed by atoms with E-state index in [1.807, 2.05) is 49.4 Å². The zero-order valence-corrected chi connectivity index (χ0v) is 16.0. The van der Waals surface area contributed by atoms with Crippen LogP contribution in [0.1, 0.15) is 34.1 Å². The second-order valence-corrected chi connectivity index (χ2v) is 6.53. The molecule has 27 heavy (non-hydrogen) atoms. The number of benzene rings is 2. The molecule has 138 valence electrons. The lowest BCUT2D eigenvalue weighted by Gasteiger charge is -2.13. The van der Waals surface area contributed by atoms with Gasteiger partial charge in [-0.1, -0.05) is 54.9 Å². The Bertz CT molecular complexity index is 958. The highest BCUT2D eigenvalue weighted by Gasteiger charge is 2.13. The van der Waals surface area contributed by atoms with Gasteiger partial charge in [-0.25, -0.2) is 9.97 Å². The number of aromatic nitrogens is 2. The van der Waals surface area contributed by atoms with E-state index in [1.54, 1.807) is 12.3 Å². The highest BCUT2D eigenvalue weighted by Crippen LogP contribution is 2.22. The van der Waals surface area contributed by atoms with Crippen molar-refractivity contribution in [1.82, 2.24) is 9.97 Å². The van der Waals surface area contributed by atoms with Gasteiger partial charge >= 0.3 is 0 Å². The topological polar surface area (TPSA) is 66.9 Å². The van der Waals surface area contributed by atoms with Crippen LogP contribution in [-0.4, -0.2) is 15.9 Å². The third-order valence-corrected chi connectivity index (χ3v) is 4.63. The number of hydrogen-bond donors (Lipinski definition) is 2. The number of nitrogens with one attached hydrogen (secondary N) is 2. The maximum atomic E-state index is 12.7. The predicted octanol–water partition coefficient (Wildman–Crippen LogP) is 4.87. The molecule has 0 radical (unpaired) electrons. The molecule has 0 atom stereocenters. The standard InChI is InChI=1S/C21H21ClN4O/c1-3-15-9-6-7-14(2)19(15)26-20(27)18-11-12-23-21(25-18)24-13-16-8-4-5-10-17(16)22/h4-12H,3,13H2,1-2H3,(H,26,27)(H,23,24,25). The zero-order chi connectivity index (χ0) is 19.2. The van der Waals surface area contributed by atoms with E-state index >= 15 is 0 Å². The van der Waals surface area contributed by atoms with E-state index in [4.69, 9.17) is 11.6 Å². The Hall–Kier alpha value is -2.92. The first kappa shape index (κ1) is 18.9. The van der Waals surface area contributed by atoms with Gasteiger partial charge in [0.2, 0.25) is 5.95 Å². The lowest BCUT2D eigenvalue weighted by Crippen LogP contribution is -2.17. The van der Waals surface area contributed by atoms with Crippen LogP contribution in [0.4, 0.5) is 11.6 Å². The molecule has 0 aliphatic rings. The third kappa shape index (κ3) is 4.63. The van der Waals surface area contributed by atoms with Crippen molar-refractivity contribution in [2.24, 2.45) is 0 Å². The van der Waals surface area contributed by atoms with Crippen LogP contribution in [0.15, 0.2) is 54.7 Å². The molecule has 1 heterocycles. The number of carbonyl (C=O) groups is 1. The number of hydrogen-bond acceptors (Lipinski definition) is 4. The molecule has 0 aliphatic heterocycles. The van der Waals surface area contributed by atoms with Gasteiger partial charge in [0.15, 0.2) is 0 Å². The van der Waals surface area contributed by atoms with E-state index in [1.165, 1.54) is 0 Å². The number of amides is 1. The van der Waals surface area contributed by atoms with Crippen molar-refractivity contribution >= 4 is 29.1 Å². The molecular formula is C21H21ClN4O. The molecule has 0 saturated heterocycles. The van der Waals surface area contributed by atoms with Crippen LogP contribution in [0.3, 0.4) is 0 Å². The first-order valence-electron chi connectivity index (χ1n) is 8.78. The Morgan fingerprint density at radius 2 is 1.85 bits per heavy atom. The van der Waals surface area contributed by atoms with E-state index in [0.717, 1.165) is 28.8 Å². The Balaban J connectivity index is 1.73. The minimum Gasteiger partial charge on any atom is -0.350 e. The van der Waals surface area contributed by atoms with Gasteiger partial charge in [-0.2, -0.15) is 0 Å². The molecular weight excluding hydrogens is 360 g/mol. The molecule has 2 aromatic carbocycles. The van der Waals surface area contributed by atoms with Crippen LogP contribution in [0, 0.1) is 6.92 Å². The molecule has 0 unspecified atom stereocenters. The number of halogens is 1.